The second-order valence-electron chi connectivity index (χ2n) is 9.63. The number of carbonyl (C=O) groups is 1. The molecule has 0 bridgehead atoms. The highest BCUT2D eigenvalue weighted by Crippen LogP contribution is 2.53. The third-order valence-corrected chi connectivity index (χ3v) is 7.49. The monoisotopic (exact) mass is 481 g/mol. The largest absolute Gasteiger partial charge is 0.487 e. The van der Waals surface area contributed by atoms with Crippen LogP contribution in [0.5, 0.6) is 0 Å². The van der Waals surface area contributed by atoms with Crippen molar-refractivity contribution in [2.24, 2.45) is 0 Å². The van der Waals surface area contributed by atoms with E-state index in [0.717, 1.165) is 18.5 Å². The highest BCUT2D eigenvalue weighted by molar-refractivity contribution is 7.56. The van der Waals surface area contributed by atoms with Crippen molar-refractivity contribution in [3.05, 3.63) is 28.5 Å². The van der Waals surface area contributed by atoms with Gasteiger partial charge in [0.1, 0.15) is 35.0 Å². The third kappa shape index (κ3) is 4.50. The standard InChI is InChI=1S/C22H26ClFN3O4P/c1-21(2,3)31-20(28)27-7-6-17(22(24)18(10-27)32-22)30-15-8-13-14(25-11-26-19(13)23)9-16(15)29-12-4-5-12/h8,11-12,16-17H,4-7,9-10H2,1-3H3/t16?,17?,22-/m0/s1. The van der Waals surface area contributed by atoms with Crippen molar-refractivity contribution >= 4 is 37.3 Å². The zero-order chi connectivity index (χ0) is 22.7. The molecule has 4 aliphatic rings. The Morgan fingerprint density at radius 3 is 2.81 bits per heavy atom. The van der Waals surface area contributed by atoms with Crippen LogP contribution in [0.1, 0.15) is 51.3 Å². The van der Waals surface area contributed by atoms with Gasteiger partial charge in [-0.3, -0.25) is 0 Å². The van der Waals surface area contributed by atoms with Gasteiger partial charge >= 0.3 is 6.09 Å². The van der Waals surface area contributed by atoms with Crippen LogP contribution >= 0.6 is 19.8 Å². The van der Waals surface area contributed by atoms with E-state index in [-0.39, 0.29) is 18.8 Å². The summed E-state index contributed by atoms with van der Waals surface area (Å²) in [5.41, 5.74) is 0.883. The van der Waals surface area contributed by atoms with E-state index >= 15 is 4.39 Å². The number of hydrogen-bond acceptors (Lipinski definition) is 6. The first-order valence-corrected chi connectivity index (χ1v) is 12.2. The lowest BCUT2D eigenvalue weighted by atomic mass is 9.99. The van der Waals surface area contributed by atoms with Gasteiger partial charge in [0.25, 0.3) is 0 Å². The number of hydrogen-bond donors (Lipinski definition) is 0. The number of carbonyl (C=O) groups excluding carboxylic acids is 1. The lowest BCUT2D eigenvalue weighted by molar-refractivity contribution is -0.0204. The summed E-state index contributed by atoms with van der Waals surface area (Å²) in [5.74, 6) is 0.551. The highest BCUT2D eigenvalue weighted by Gasteiger charge is 2.57. The summed E-state index contributed by atoms with van der Waals surface area (Å²) < 4.78 is 33.6. The molecule has 0 spiro atoms. The Morgan fingerprint density at radius 1 is 1.31 bits per heavy atom. The molecule has 2 fully saturated rings. The van der Waals surface area contributed by atoms with E-state index in [1.807, 2.05) is 20.8 Å². The number of ether oxygens (including phenoxy) is 3. The fraction of sp³-hybridized carbons (Fsp3) is 0.636. The molecule has 1 saturated heterocycles. The summed E-state index contributed by atoms with van der Waals surface area (Å²) in [4.78, 5) is 22.5. The predicted molar refractivity (Wildman–Crippen MR) is 120 cm³/mol. The smallest absolute Gasteiger partial charge is 0.410 e. The summed E-state index contributed by atoms with van der Waals surface area (Å²) >= 11 is 6.28. The minimum absolute atomic E-state index is 0.197. The average Bonchev–Trinajstić information content (AvgIpc) is 3.61. The van der Waals surface area contributed by atoms with E-state index in [1.165, 1.54) is 6.33 Å². The normalized spacial score (nSPS) is 29.7. The quantitative estimate of drug-likeness (QED) is 0.469. The number of fused-ring (bicyclic) bond motifs is 2. The Hall–Kier alpha value is -1.76. The van der Waals surface area contributed by atoms with Gasteiger partial charge in [0.15, 0.2) is 0 Å². The van der Waals surface area contributed by atoms with Crippen LogP contribution in [0.25, 0.3) is 6.08 Å². The molecule has 2 aliphatic heterocycles. The molecular weight excluding hydrogens is 456 g/mol. The number of amides is 1. The minimum atomic E-state index is -1.57. The van der Waals surface area contributed by atoms with Crippen LogP contribution in [0.4, 0.5) is 9.18 Å². The molecule has 0 radical (unpaired) electrons. The van der Waals surface area contributed by atoms with Gasteiger partial charge in [-0.15, -0.1) is 0 Å². The van der Waals surface area contributed by atoms with Gasteiger partial charge in [-0.05, 0) is 47.9 Å². The Bertz CT molecular complexity index is 1010. The van der Waals surface area contributed by atoms with Crippen LogP contribution in [0.2, 0.25) is 5.15 Å². The number of likely N-dealkylation sites (tertiary alicyclic amines) is 1. The summed E-state index contributed by atoms with van der Waals surface area (Å²) in [6.07, 6.45) is 4.82. The second-order valence-corrected chi connectivity index (χ2v) is 11.4. The molecule has 3 heterocycles. The Morgan fingerprint density at radius 2 is 2.09 bits per heavy atom. The first-order chi connectivity index (χ1) is 15.1. The minimum Gasteiger partial charge on any atom is -0.487 e. The first kappa shape index (κ1) is 22.1. The molecule has 172 valence electrons. The molecule has 0 aromatic carbocycles. The van der Waals surface area contributed by atoms with E-state index in [9.17, 15) is 4.79 Å². The highest BCUT2D eigenvalue weighted by atomic mass is 35.5. The second kappa shape index (κ2) is 7.93. The van der Waals surface area contributed by atoms with Gasteiger partial charge in [0, 0.05) is 30.2 Å². The Balaban J connectivity index is 1.35. The van der Waals surface area contributed by atoms with Crippen LogP contribution in [-0.2, 0) is 20.6 Å². The molecule has 0 N–H and O–H groups in total. The summed E-state index contributed by atoms with van der Waals surface area (Å²) in [6.45, 7) is 6.05. The molecule has 1 saturated carbocycles. The van der Waals surface area contributed by atoms with E-state index in [0.29, 0.717) is 49.4 Å². The molecule has 7 nitrogen and oxygen atoms in total. The van der Waals surface area contributed by atoms with Gasteiger partial charge in [0.2, 0.25) is 5.41 Å². The number of nitrogens with zero attached hydrogens (tertiary/aromatic N) is 3. The lowest BCUT2D eigenvalue weighted by Crippen LogP contribution is -2.38. The maximum Gasteiger partial charge on any atom is 0.410 e. The number of halogens is 2. The van der Waals surface area contributed by atoms with Crippen LogP contribution in [0.15, 0.2) is 12.1 Å². The van der Waals surface area contributed by atoms with Crippen molar-refractivity contribution in [2.45, 2.75) is 75.8 Å². The van der Waals surface area contributed by atoms with Crippen molar-refractivity contribution < 1.29 is 23.4 Å². The molecule has 10 heteroatoms. The van der Waals surface area contributed by atoms with Crippen LogP contribution in [-0.4, -0.2) is 68.7 Å². The van der Waals surface area contributed by atoms with Gasteiger partial charge in [-0.1, -0.05) is 11.6 Å². The fourth-order valence-electron chi connectivity index (χ4n) is 3.97. The molecular formula is C22H26ClFN3O4P. The summed E-state index contributed by atoms with van der Waals surface area (Å²) in [5, 5.41) is -0.590. The van der Waals surface area contributed by atoms with Crippen molar-refractivity contribution in [1.82, 2.24) is 14.9 Å². The molecule has 2 aliphatic carbocycles. The zero-order valence-electron chi connectivity index (χ0n) is 18.3. The lowest BCUT2D eigenvalue weighted by Gasteiger charge is -2.30. The van der Waals surface area contributed by atoms with E-state index in [2.05, 4.69) is 9.97 Å². The van der Waals surface area contributed by atoms with Gasteiger partial charge < -0.3 is 19.1 Å². The number of rotatable bonds is 4. The van der Waals surface area contributed by atoms with Crippen LogP contribution in [0.3, 0.4) is 0 Å². The fourth-order valence-corrected chi connectivity index (χ4v) is 5.29. The Labute approximate surface area is 193 Å². The molecule has 1 amide bonds. The maximum atomic E-state index is 15.7. The van der Waals surface area contributed by atoms with Gasteiger partial charge in [0.05, 0.1) is 18.3 Å². The van der Waals surface area contributed by atoms with E-state index < -0.39 is 23.2 Å². The third-order valence-electron chi connectivity index (χ3n) is 5.79. The number of aromatic nitrogens is 2. The van der Waals surface area contributed by atoms with Gasteiger partial charge in [-0.25, -0.2) is 19.2 Å². The summed E-state index contributed by atoms with van der Waals surface area (Å²) in [6, 6.07) is 0. The van der Waals surface area contributed by atoms with Crippen molar-refractivity contribution in [1.29, 1.82) is 0 Å². The molecule has 1 aromatic heterocycles. The maximum absolute atomic E-state index is 15.7. The van der Waals surface area contributed by atoms with E-state index in [4.69, 9.17) is 25.8 Å². The molecule has 3 atom stereocenters. The van der Waals surface area contributed by atoms with E-state index in [1.54, 1.807) is 11.0 Å². The van der Waals surface area contributed by atoms with Crippen molar-refractivity contribution in [3.8, 4) is 0 Å². The first-order valence-electron chi connectivity index (χ1n) is 10.9. The molecule has 5 rings (SSSR count). The van der Waals surface area contributed by atoms with Gasteiger partial charge in [-0.2, -0.15) is 0 Å². The van der Waals surface area contributed by atoms with Crippen molar-refractivity contribution in [2.75, 3.05) is 13.1 Å². The molecule has 2 unspecified atom stereocenters. The van der Waals surface area contributed by atoms with Crippen LogP contribution < -0.4 is 0 Å². The SMILES string of the molecule is CC(C)(C)OC(=O)N1CCC(OC2=Cc3c(Cl)ncnc3CC2OC2CC2)[C@]2(F)P=C2C1. The van der Waals surface area contributed by atoms with Crippen LogP contribution in [0, 0.1) is 0 Å². The zero-order valence-corrected chi connectivity index (χ0v) is 20.0. The molecule has 32 heavy (non-hydrogen) atoms. The molecule has 1 aromatic rings. The average molecular weight is 482 g/mol. The summed E-state index contributed by atoms with van der Waals surface area (Å²) in [7, 11) is 0.568. The van der Waals surface area contributed by atoms with Crippen molar-refractivity contribution in [3.63, 3.8) is 0 Å². The number of alkyl halides is 1. The predicted octanol–water partition coefficient (Wildman–Crippen LogP) is 4.40. The Kier molecular flexibility index (Phi) is 5.46. The topological polar surface area (TPSA) is 73.8 Å².